The van der Waals surface area contributed by atoms with E-state index in [1.54, 1.807) is 0 Å². The summed E-state index contributed by atoms with van der Waals surface area (Å²) in [5.74, 6) is -1.79. The molecule has 6 heteroatoms. The van der Waals surface area contributed by atoms with Gasteiger partial charge in [-0.1, -0.05) is 19.1 Å². The van der Waals surface area contributed by atoms with E-state index in [2.05, 4.69) is 0 Å². The molecule has 0 saturated heterocycles. The van der Waals surface area contributed by atoms with E-state index in [9.17, 15) is 24.4 Å². The van der Waals surface area contributed by atoms with Crippen molar-refractivity contribution in [2.45, 2.75) is 13.3 Å². The molecule has 0 heterocycles. The van der Waals surface area contributed by atoms with Gasteiger partial charge in [-0.3, -0.25) is 10.1 Å². The van der Waals surface area contributed by atoms with Crippen molar-refractivity contribution in [2.24, 2.45) is 0 Å². The van der Waals surface area contributed by atoms with Gasteiger partial charge in [0.15, 0.2) is 0 Å². The zero-order valence-electron chi connectivity index (χ0n) is 7.97. The van der Waals surface area contributed by atoms with Crippen LogP contribution in [0.5, 0.6) is 0 Å². The van der Waals surface area contributed by atoms with Crippen molar-refractivity contribution in [2.75, 3.05) is 0 Å². The van der Waals surface area contributed by atoms with Crippen molar-refractivity contribution in [3.05, 3.63) is 40.2 Å². The van der Waals surface area contributed by atoms with E-state index in [0.29, 0.717) is 0 Å². The molecule has 0 aliphatic heterocycles. The van der Waals surface area contributed by atoms with E-state index in [0.717, 1.165) is 12.1 Å². The van der Waals surface area contributed by atoms with Gasteiger partial charge in [-0.2, -0.15) is 4.39 Å². The summed E-state index contributed by atoms with van der Waals surface area (Å²) in [5, 5.41) is 19.2. The molecule has 0 aliphatic rings. The first kappa shape index (κ1) is 13.0. The first-order valence-electron chi connectivity index (χ1n) is 4.07. The summed E-state index contributed by atoms with van der Waals surface area (Å²) in [6.45, 7) is 1.54. The van der Waals surface area contributed by atoms with Crippen LogP contribution in [0.25, 0.3) is 0 Å². The molecule has 0 bridgehead atoms. The number of carboxylic acid groups (broad SMARTS) is 1. The lowest BCUT2D eigenvalue weighted by Gasteiger charge is -1.89. The molecule has 1 rings (SSSR count). The lowest BCUT2D eigenvalue weighted by Crippen LogP contribution is -2.19. The zero-order chi connectivity index (χ0) is 11.8. The molecule has 0 aliphatic carbocycles. The molecule has 1 aromatic carbocycles. The Hall–Kier alpha value is -1.98. The number of carbonyl (C=O) groups is 1. The molecule has 1 aromatic rings. The summed E-state index contributed by atoms with van der Waals surface area (Å²) in [4.78, 5) is 18.5. The summed E-state index contributed by atoms with van der Waals surface area (Å²) in [5.41, 5.74) is -0.484. The summed E-state index contributed by atoms with van der Waals surface area (Å²) >= 11 is 0. The minimum absolute atomic E-state index is 0.111. The number of nitrogens with zero attached hydrogens (tertiary/aromatic N) is 1. The third-order valence-corrected chi connectivity index (χ3v) is 1.34. The van der Waals surface area contributed by atoms with Crippen LogP contribution in [-0.4, -0.2) is 10.9 Å². The molecule has 0 amide bonds. The maximum Gasteiger partial charge on any atom is 0.304 e. The second-order valence-corrected chi connectivity index (χ2v) is 2.43. The van der Waals surface area contributed by atoms with Crippen molar-refractivity contribution in [3.8, 4) is 0 Å². The van der Waals surface area contributed by atoms with E-state index in [1.807, 2.05) is 0 Å². The number of carboxylic acids is 1. The minimum atomic E-state index is -0.995. The molecular formula is C9H9FNO4-. The minimum Gasteiger partial charge on any atom is -0.550 e. The van der Waals surface area contributed by atoms with Crippen LogP contribution in [0.2, 0.25) is 0 Å². The van der Waals surface area contributed by atoms with Crippen molar-refractivity contribution in [3.63, 3.8) is 0 Å². The molecule has 0 spiro atoms. The molecule has 0 aromatic heterocycles. The molecule has 0 unspecified atom stereocenters. The highest BCUT2D eigenvalue weighted by atomic mass is 19.1. The average Bonchev–Trinajstić information content (AvgIpc) is 2.19. The monoisotopic (exact) mass is 214 g/mol. The highest BCUT2D eigenvalue weighted by molar-refractivity contribution is 5.63. The third-order valence-electron chi connectivity index (χ3n) is 1.34. The number of benzene rings is 1. The predicted octanol–water partition coefficient (Wildman–Crippen LogP) is 0.880. The normalized spacial score (nSPS) is 8.67. The van der Waals surface area contributed by atoms with Crippen LogP contribution in [0.15, 0.2) is 24.3 Å². The van der Waals surface area contributed by atoms with Crippen molar-refractivity contribution >= 4 is 11.7 Å². The Labute approximate surface area is 85.3 Å². The largest absolute Gasteiger partial charge is 0.550 e. The standard InChI is InChI=1S/C6H4FNO2.C3H6O2/c7-5-3-1-2-4-6(5)8(9)10;1-2-3(4)5/h1-4H;2H2,1H3,(H,4,5)/p-1. The van der Waals surface area contributed by atoms with Crippen LogP contribution < -0.4 is 5.11 Å². The highest BCUT2D eigenvalue weighted by Gasteiger charge is 2.10. The molecule has 0 radical (unpaired) electrons. The first-order chi connectivity index (χ1) is 6.99. The zero-order valence-corrected chi connectivity index (χ0v) is 7.97. The van der Waals surface area contributed by atoms with Crippen LogP contribution in [0.4, 0.5) is 10.1 Å². The maximum atomic E-state index is 12.4. The fourth-order valence-corrected chi connectivity index (χ4v) is 0.600. The Morgan fingerprint density at radius 2 is 1.93 bits per heavy atom. The Kier molecular flexibility index (Phi) is 5.62. The van der Waals surface area contributed by atoms with E-state index < -0.39 is 22.4 Å². The molecule has 5 nitrogen and oxygen atoms in total. The van der Waals surface area contributed by atoms with Gasteiger partial charge in [0.2, 0.25) is 5.82 Å². The van der Waals surface area contributed by atoms with Crippen molar-refractivity contribution in [1.82, 2.24) is 0 Å². The van der Waals surface area contributed by atoms with E-state index in [-0.39, 0.29) is 6.42 Å². The quantitative estimate of drug-likeness (QED) is 0.540. The van der Waals surface area contributed by atoms with Gasteiger partial charge >= 0.3 is 5.69 Å². The van der Waals surface area contributed by atoms with Gasteiger partial charge < -0.3 is 9.90 Å². The Balaban J connectivity index is 0.000000336. The summed E-state index contributed by atoms with van der Waals surface area (Å²) in [6.07, 6.45) is 0.111. The van der Waals surface area contributed by atoms with Crippen LogP contribution in [0, 0.1) is 15.9 Å². The van der Waals surface area contributed by atoms with Crippen molar-refractivity contribution < 1.29 is 19.2 Å². The number of halogens is 1. The fourth-order valence-electron chi connectivity index (χ4n) is 0.600. The highest BCUT2D eigenvalue weighted by Crippen LogP contribution is 2.14. The number of hydrogen-bond acceptors (Lipinski definition) is 4. The molecule has 0 N–H and O–H groups in total. The van der Waals surface area contributed by atoms with Gasteiger partial charge in [-0.15, -0.1) is 0 Å². The Bertz CT molecular complexity index is 354. The van der Waals surface area contributed by atoms with E-state index >= 15 is 0 Å². The Morgan fingerprint density at radius 1 is 1.47 bits per heavy atom. The third kappa shape index (κ3) is 5.35. The SMILES string of the molecule is CCC(=O)[O-].O=[N+]([O-])c1ccccc1F. The number of carbonyl (C=O) groups excluding carboxylic acids is 1. The summed E-state index contributed by atoms with van der Waals surface area (Å²) in [6, 6.07) is 5.00. The molecule has 15 heavy (non-hydrogen) atoms. The summed E-state index contributed by atoms with van der Waals surface area (Å²) in [7, 11) is 0. The van der Waals surface area contributed by atoms with Gasteiger partial charge in [-0.25, -0.2) is 0 Å². The number of nitro groups is 1. The van der Waals surface area contributed by atoms with Gasteiger partial charge in [0.1, 0.15) is 0 Å². The second kappa shape index (κ2) is 6.47. The number of rotatable bonds is 2. The molecule has 0 saturated carbocycles. The molecular weight excluding hydrogens is 205 g/mol. The number of nitro benzene ring substituents is 1. The lowest BCUT2D eigenvalue weighted by molar-refractivity contribution is -0.387. The van der Waals surface area contributed by atoms with Gasteiger partial charge in [0.05, 0.1) is 4.92 Å². The van der Waals surface area contributed by atoms with Crippen LogP contribution >= 0.6 is 0 Å². The second-order valence-electron chi connectivity index (χ2n) is 2.43. The number of aliphatic carboxylic acids is 1. The van der Waals surface area contributed by atoms with Crippen molar-refractivity contribution in [1.29, 1.82) is 0 Å². The van der Waals surface area contributed by atoms with Gasteiger partial charge in [0, 0.05) is 12.0 Å². The fraction of sp³-hybridized carbons (Fsp3) is 0.222. The number of para-hydroxylation sites is 1. The van der Waals surface area contributed by atoms with Gasteiger partial charge in [-0.05, 0) is 12.5 Å². The van der Waals surface area contributed by atoms with E-state index in [1.165, 1.54) is 19.1 Å². The lowest BCUT2D eigenvalue weighted by atomic mass is 10.3. The number of hydrogen-bond donors (Lipinski definition) is 0. The first-order valence-corrected chi connectivity index (χ1v) is 4.07. The van der Waals surface area contributed by atoms with Crippen LogP contribution in [0.1, 0.15) is 13.3 Å². The smallest absolute Gasteiger partial charge is 0.304 e. The summed E-state index contributed by atoms with van der Waals surface area (Å²) < 4.78 is 12.4. The van der Waals surface area contributed by atoms with Crippen LogP contribution in [0.3, 0.4) is 0 Å². The topological polar surface area (TPSA) is 83.3 Å². The molecule has 0 atom stereocenters. The Morgan fingerprint density at radius 3 is 2.20 bits per heavy atom. The average molecular weight is 214 g/mol. The van der Waals surface area contributed by atoms with Gasteiger partial charge in [0.25, 0.3) is 0 Å². The van der Waals surface area contributed by atoms with Crippen LogP contribution in [-0.2, 0) is 4.79 Å². The van der Waals surface area contributed by atoms with E-state index in [4.69, 9.17) is 0 Å². The molecule has 0 fully saturated rings. The predicted molar refractivity (Wildman–Crippen MR) is 48.4 cm³/mol. The molecule has 82 valence electrons. The maximum absolute atomic E-state index is 12.4.